The molecule has 0 heterocycles. The van der Waals surface area contributed by atoms with Crippen LogP contribution in [0.25, 0.3) is 10.8 Å². The second kappa shape index (κ2) is 3.62. The third kappa shape index (κ3) is 1.53. The Morgan fingerprint density at radius 1 is 1.00 bits per heavy atom. The third-order valence-electron chi connectivity index (χ3n) is 2.44. The fraction of sp³-hybridized carbons (Fsp3) is 0.154. The van der Waals surface area contributed by atoms with Crippen molar-refractivity contribution < 1.29 is 0 Å². The molecule has 0 fully saturated rings. The summed E-state index contributed by atoms with van der Waals surface area (Å²) in [5, 5.41) is 2.25. The molecule has 0 aromatic heterocycles. The van der Waals surface area contributed by atoms with Crippen LogP contribution in [-0.2, 0) is 6.42 Å². The highest BCUT2D eigenvalue weighted by atomic mass is 16.1. The minimum Gasteiger partial charge on any atom is -0.290 e. The van der Waals surface area contributed by atoms with Crippen LogP contribution in [0.15, 0.2) is 47.3 Å². The average Bonchev–Trinajstić information content (AvgIpc) is 2.38. The molecule has 0 aliphatic carbocycles. The Balaban J connectivity index is 2.88. The summed E-state index contributed by atoms with van der Waals surface area (Å²) >= 11 is 0. The van der Waals surface area contributed by atoms with E-state index in [0.29, 0.717) is 0 Å². The van der Waals surface area contributed by atoms with Gasteiger partial charge in [0.15, 0.2) is 5.43 Å². The van der Waals surface area contributed by atoms with Crippen LogP contribution in [0.4, 0.5) is 0 Å². The van der Waals surface area contributed by atoms with Crippen LogP contribution in [0.5, 0.6) is 0 Å². The molecule has 0 spiro atoms. The van der Waals surface area contributed by atoms with Gasteiger partial charge in [-0.1, -0.05) is 37.3 Å². The van der Waals surface area contributed by atoms with Crippen LogP contribution in [0.2, 0.25) is 0 Å². The second-order valence-corrected chi connectivity index (χ2v) is 3.35. The van der Waals surface area contributed by atoms with Gasteiger partial charge in [-0.05, 0) is 34.9 Å². The Kier molecular flexibility index (Phi) is 2.32. The first kappa shape index (κ1) is 8.95. The van der Waals surface area contributed by atoms with Crippen molar-refractivity contribution in [3.63, 3.8) is 0 Å². The first-order valence-electron chi connectivity index (χ1n) is 4.83. The molecule has 1 heteroatoms. The van der Waals surface area contributed by atoms with Crippen molar-refractivity contribution in [1.82, 2.24) is 0 Å². The summed E-state index contributed by atoms with van der Waals surface area (Å²) in [6.07, 6.45) is 0.789. The van der Waals surface area contributed by atoms with Crippen LogP contribution < -0.4 is 5.43 Å². The molecule has 0 saturated heterocycles. The van der Waals surface area contributed by atoms with Gasteiger partial charge in [-0.2, -0.15) is 0 Å². The molecular weight excluding hydrogens is 172 g/mol. The lowest BCUT2D eigenvalue weighted by atomic mass is 10.1. The lowest BCUT2D eigenvalue weighted by molar-refractivity contribution is 1.13. The van der Waals surface area contributed by atoms with Gasteiger partial charge in [-0.15, -0.1) is 0 Å². The minimum atomic E-state index is 0.128. The topological polar surface area (TPSA) is 17.1 Å². The number of rotatable bonds is 1. The predicted molar refractivity (Wildman–Crippen MR) is 59.6 cm³/mol. The maximum Gasteiger partial charge on any atom is 0.181 e. The Bertz CT molecular complexity index is 515. The van der Waals surface area contributed by atoms with Gasteiger partial charge in [0.05, 0.1) is 0 Å². The normalized spacial score (nSPS) is 10.4. The van der Waals surface area contributed by atoms with Gasteiger partial charge in [-0.25, -0.2) is 0 Å². The van der Waals surface area contributed by atoms with E-state index in [1.807, 2.05) is 43.3 Å². The fourth-order valence-corrected chi connectivity index (χ4v) is 1.60. The van der Waals surface area contributed by atoms with Crippen molar-refractivity contribution in [2.75, 3.05) is 0 Å². The van der Waals surface area contributed by atoms with E-state index in [4.69, 9.17) is 0 Å². The maximum absolute atomic E-state index is 11.6. The Morgan fingerprint density at radius 2 is 1.71 bits per heavy atom. The van der Waals surface area contributed by atoms with Crippen LogP contribution in [-0.4, -0.2) is 0 Å². The number of hydrogen-bond acceptors (Lipinski definition) is 1. The summed E-state index contributed by atoms with van der Waals surface area (Å²) in [5.74, 6) is 0. The van der Waals surface area contributed by atoms with Gasteiger partial charge in [0.1, 0.15) is 0 Å². The second-order valence-electron chi connectivity index (χ2n) is 3.35. The molecule has 0 bridgehead atoms. The minimum absolute atomic E-state index is 0.128. The highest BCUT2D eigenvalue weighted by Crippen LogP contribution is 2.11. The highest BCUT2D eigenvalue weighted by molar-refractivity contribution is 5.82. The average molecular weight is 184 g/mol. The summed E-state index contributed by atoms with van der Waals surface area (Å²) in [7, 11) is 0. The SMILES string of the molecule is CCc1cc2ccccc2ccc1=O. The summed E-state index contributed by atoms with van der Waals surface area (Å²) in [6, 6.07) is 13.6. The number of hydrogen-bond donors (Lipinski definition) is 0. The van der Waals surface area contributed by atoms with E-state index in [1.165, 1.54) is 0 Å². The molecule has 0 amide bonds. The van der Waals surface area contributed by atoms with E-state index in [0.717, 1.165) is 22.8 Å². The van der Waals surface area contributed by atoms with Crippen molar-refractivity contribution in [2.45, 2.75) is 13.3 Å². The predicted octanol–water partition coefficient (Wildman–Crippen LogP) is 2.76. The van der Waals surface area contributed by atoms with Gasteiger partial charge < -0.3 is 0 Å². The monoisotopic (exact) mass is 184 g/mol. The molecule has 2 aromatic rings. The van der Waals surface area contributed by atoms with Gasteiger partial charge >= 0.3 is 0 Å². The standard InChI is InChI=1S/C13H12O/c1-2-10-9-12-6-4-3-5-11(12)7-8-13(10)14/h3-9H,2H2,1H3. The molecule has 0 aliphatic heterocycles. The zero-order chi connectivity index (χ0) is 9.97. The number of aryl methyl sites for hydroxylation is 1. The molecule has 1 nitrogen and oxygen atoms in total. The summed E-state index contributed by atoms with van der Waals surface area (Å²) < 4.78 is 0. The van der Waals surface area contributed by atoms with Crippen LogP contribution in [0.3, 0.4) is 0 Å². The smallest absolute Gasteiger partial charge is 0.181 e. The molecular formula is C13H12O. The molecule has 0 aliphatic rings. The van der Waals surface area contributed by atoms with Crippen LogP contribution in [0.1, 0.15) is 12.5 Å². The summed E-state index contributed by atoms with van der Waals surface area (Å²) in [4.78, 5) is 11.6. The van der Waals surface area contributed by atoms with Gasteiger partial charge in [0.25, 0.3) is 0 Å². The van der Waals surface area contributed by atoms with Gasteiger partial charge in [0.2, 0.25) is 0 Å². The first-order chi connectivity index (χ1) is 6.81. The Labute approximate surface area is 83.0 Å². The molecule has 0 atom stereocenters. The first-order valence-corrected chi connectivity index (χ1v) is 4.83. The molecule has 0 unspecified atom stereocenters. The zero-order valence-corrected chi connectivity index (χ0v) is 8.16. The fourth-order valence-electron chi connectivity index (χ4n) is 1.60. The van der Waals surface area contributed by atoms with Crippen molar-refractivity contribution >= 4 is 10.8 Å². The maximum atomic E-state index is 11.6. The quantitative estimate of drug-likeness (QED) is 0.666. The molecule has 0 saturated carbocycles. The third-order valence-corrected chi connectivity index (χ3v) is 2.44. The molecule has 0 radical (unpaired) electrons. The molecule has 70 valence electrons. The molecule has 2 aromatic carbocycles. The van der Waals surface area contributed by atoms with E-state index >= 15 is 0 Å². The molecule has 2 rings (SSSR count). The number of fused-ring (bicyclic) bond motifs is 1. The lowest BCUT2D eigenvalue weighted by Gasteiger charge is -1.91. The highest BCUT2D eigenvalue weighted by Gasteiger charge is 1.96. The lowest BCUT2D eigenvalue weighted by Crippen LogP contribution is -2.01. The van der Waals surface area contributed by atoms with Gasteiger partial charge in [-0.3, -0.25) is 4.79 Å². The van der Waals surface area contributed by atoms with E-state index in [1.54, 1.807) is 6.07 Å². The van der Waals surface area contributed by atoms with Crippen molar-refractivity contribution in [2.24, 2.45) is 0 Å². The Hall–Kier alpha value is -1.63. The Morgan fingerprint density at radius 3 is 2.43 bits per heavy atom. The van der Waals surface area contributed by atoms with Gasteiger partial charge in [0, 0.05) is 0 Å². The number of benzene rings is 1. The van der Waals surface area contributed by atoms with Crippen molar-refractivity contribution in [1.29, 1.82) is 0 Å². The van der Waals surface area contributed by atoms with Crippen molar-refractivity contribution in [3.05, 3.63) is 58.3 Å². The molecule has 14 heavy (non-hydrogen) atoms. The van der Waals surface area contributed by atoms with E-state index in [9.17, 15) is 4.79 Å². The summed E-state index contributed by atoms with van der Waals surface area (Å²) in [5.41, 5.74) is 1.01. The zero-order valence-electron chi connectivity index (χ0n) is 8.16. The van der Waals surface area contributed by atoms with Crippen LogP contribution >= 0.6 is 0 Å². The van der Waals surface area contributed by atoms with E-state index in [2.05, 4.69) is 0 Å². The van der Waals surface area contributed by atoms with E-state index < -0.39 is 0 Å². The molecule has 0 N–H and O–H groups in total. The van der Waals surface area contributed by atoms with Crippen molar-refractivity contribution in [3.8, 4) is 0 Å². The largest absolute Gasteiger partial charge is 0.290 e. The van der Waals surface area contributed by atoms with Crippen LogP contribution in [0, 0.1) is 0 Å². The summed E-state index contributed by atoms with van der Waals surface area (Å²) in [6.45, 7) is 2.01. The van der Waals surface area contributed by atoms with E-state index in [-0.39, 0.29) is 5.43 Å².